The largest absolute Gasteiger partial charge is 0.332 e. The van der Waals surface area contributed by atoms with E-state index in [-0.39, 0.29) is 0 Å². The van der Waals surface area contributed by atoms with Gasteiger partial charge in [0.05, 0.1) is 5.88 Å². The van der Waals surface area contributed by atoms with Crippen molar-refractivity contribution in [2.45, 2.75) is 19.0 Å². The van der Waals surface area contributed by atoms with E-state index in [1.54, 1.807) is 12.4 Å². The number of rotatable bonds is 2. The minimum absolute atomic E-state index is 0.459. The average Bonchev–Trinajstić information content (AvgIpc) is 2.82. The molecule has 0 unspecified atom stereocenters. The molecule has 0 amide bonds. The molecule has 1 aromatic heterocycles. The Kier molecular flexibility index (Phi) is 2.69. The number of aromatic nitrogens is 2. The summed E-state index contributed by atoms with van der Waals surface area (Å²) in [4.78, 5) is 10.9. The van der Waals surface area contributed by atoms with Gasteiger partial charge in [0, 0.05) is 31.0 Å². The Morgan fingerprint density at radius 2 is 1.65 bits per heavy atom. The fourth-order valence-corrected chi connectivity index (χ4v) is 2.19. The number of fused-ring (bicyclic) bond motifs is 1. The van der Waals surface area contributed by atoms with Crippen molar-refractivity contribution in [2.24, 2.45) is 0 Å². The summed E-state index contributed by atoms with van der Waals surface area (Å²) in [6.07, 6.45) is 3.58. The van der Waals surface area contributed by atoms with Crippen LogP contribution < -0.4 is 4.90 Å². The Morgan fingerprint density at radius 1 is 1.06 bits per heavy atom. The molecule has 0 bridgehead atoms. The van der Waals surface area contributed by atoms with Crippen molar-refractivity contribution in [3.63, 3.8) is 0 Å². The summed E-state index contributed by atoms with van der Waals surface area (Å²) in [5.74, 6) is 1.23. The highest BCUT2D eigenvalue weighted by atomic mass is 35.5. The van der Waals surface area contributed by atoms with Crippen LogP contribution >= 0.6 is 11.6 Å². The molecule has 0 radical (unpaired) electrons. The van der Waals surface area contributed by atoms with Crippen molar-refractivity contribution in [1.29, 1.82) is 0 Å². The summed E-state index contributed by atoms with van der Waals surface area (Å²) < 4.78 is 0. The minimum atomic E-state index is 0.459. The Labute approximate surface area is 105 Å². The molecule has 2 heterocycles. The van der Waals surface area contributed by atoms with Gasteiger partial charge in [0.2, 0.25) is 5.95 Å². The first-order valence-corrected chi connectivity index (χ1v) is 6.09. The summed E-state index contributed by atoms with van der Waals surface area (Å²) in [7, 11) is 0. The molecule has 0 spiro atoms. The second-order valence-electron chi connectivity index (χ2n) is 4.15. The second-order valence-corrected chi connectivity index (χ2v) is 4.42. The molecule has 1 aliphatic heterocycles. The molecule has 0 saturated heterocycles. The molecule has 2 aromatic rings. The number of alkyl halides is 1. The van der Waals surface area contributed by atoms with Crippen LogP contribution in [0.25, 0.3) is 0 Å². The minimum Gasteiger partial charge on any atom is -0.332 e. The molecule has 1 aliphatic rings. The molecule has 1 aromatic carbocycles. The molecular formula is C13H12ClN3. The molecule has 0 N–H and O–H groups in total. The lowest BCUT2D eigenvalue weighted by Gasteiger charge is -2.14. The fourth-order valence-electron chi connectivity index (χ4n) is 2.05. The molecule has 3 rings (SSSR count). The first kappa shape index (κ1) is 10.5. The Hall–Kier alpha value is -1.61. The van der Waals surface area contributed by atoms with Gasteiger partial charge in [-0.2, -0.15) is 0 Å². The summed E-state index contributed by atoms with van der Waals surface area (Å²) in [5, 5.41) is 0. The summed E-state index contributed by atoms with van der Waals surface area (Å²) in [6.45, 7) is 1.77. The van der Waals surface area contributed by atoms with Gasteiger partial charge in [-0.25, -0.2) is 9.97 Å². The van der Waals surface area contributed by atoms with Gasteiger partial charge in [-0.1, -0.05) is 24.3 Å². The number of anilines is 1. The van der Waals surface area contributed by atoms with Crippen molar-refractivity contribution in [2.75, 3.05) is 4.90 Å². The predicted molar refractivity (Wildman–Crippen MR) is 67.9 cm³/mol. The van der Waals surface area contributed by atoms with Crippen molar-refractivity contribution in [3.8, 4) is 0 Å². The average molecular weight is 246 g/mol. The van der Waals surface area contributed by atoms with Gasteiger partial charge in [0.25, 0.3) is 0 Å². The van der Waals surface area contributed by atoms with Crippen LogP contribution in [-0.2, 0) is 19.0 Å². The van der Waals surface area contributed by atoms with Crippen LogP contribution in [0.2, 0.25) is 0 Å². The maximum absolute atomic E-state index is 5.72. The molecule has 0 atom stereocenters. The molecule has 3 nitrogen and oxygen atoms in total. The lowest BCUT2D eigenvalue weighted by atomic mass is 10.1. The highest BCUT2D eigenvalue weighted by Crippen LogP contribution is 2.25. The van der Waals surface area contributed by atoms with Crippen LogP contribution in [0.4, 0.5) is 5.95 Å². The molecular weight excluding hydrogens is 234 g/mol. The predicted octanol–water partition coefficient (Wildman–Crippen LogP) is 2.74. The second kappa shape index (κ2) is 4.34. The lowest BCUT2D eigenvalue weighted by Crippen LogP contribution is -2.17. The van der Waals surface area contributed by atoms with Gasteiger partial charge in [0.15, 0.2) is 0 Å². The van der Waals surface area contributed by atoms with Crippen LogP contribution in [0.3, 0.4) is 0 Å². The van der Waals surface area contributed by atoms with E-state index in [1.165, 1.54) is 11.1 Å². The Bertz CT molecular complexity index is 499. The van der Waals surface area contributed by atoms with E-state index in [0.29, 0.717) is 5.88 Å². The summed E-state index contributed by atoms with van der Waals surface area (Å²) >= 11 is 5.72. The number of hydrogen-bond acceptors (Lipinski definition) is 3. The van der Waals surface area contributed by atoms with E-state index in [4.69, 9.17) is 11.6 Å². The first-order valence-electron chi connectivity index (χ1n) is 5.55. The molecule has 86 valence electrons. The third-order valence-electron chi connectivity index (χ3n) is 2.97. The van der Waals surface area contributed by atoms with E-state index in [0.717, 1.165) is 24.6 Å². The molecule has 0 saturated carbocycles. The van der Waals surface area contributed by atoms with Crippen LogP contribution in [0.1, 0.15) is 16.7 Å². The lowest BCUT2D eigenvalue weighted by molar-refractivity contribution is 0.825. The van der Waals surface area contributed by atoms with Crippen molar-refractivity contribution >= 4 is 17.5 Å². The zero-order valence-corrected chi connectivity index (χ0v) is 10.1. The zero-order chi connectivity index (χ0) is 11.7. The van der Waals surface area contributed by atoms with Crippen molar-refractivity contribution in [1.82, 2.24) is 9.97 Å². The van der Waals surface area contributed by atoms with E-state index in [9.17, 15) is 0 Å². The van der Waals surface area contributed by atoms with Gasteiger partial charge in [-0.05, 0) is 11.1 Å². The summed E-state index contributed by atoms with van der Waals surface area (Å²) in [5.41, 5.74) is 3.67. The van der Waals surface area contributed by atoms with Crippen molar-refractivity contribution < 1.29 is 0 Å². The Morgan fingerprint density at radius 3 is 2.18 bits per heavy atom. The number of hydrogen-bond donors (Lipinski definition) is 0. The monoisotopic (exact) mass is 245 g/mol. The van der Waals surface area contributed by atoms with E-state index < -0.39 is 0 Å². The number of halogens is 1. The standard InChI is InChI=1S/C13H12ClN3/c14-5-10-6-15-13(16-7-10)17-8-11-3-1-2-4-12(11)9-17/h1-4,6-7H,5,8-9H2. The number of benzene rings is 1. The fraction of sp³-hybridized carbons (Fsp3) is 0.231. The van der Waals surface area contributed by atoms with Crippen LogP contribution in [-0.4, -0.2) is 9.97 Å². The van der Waals surface area contributed by atoms with Gasteiger partial charge in [-0.15, -0.1) is 11.6 Å². The first-order chi connectivity index (χ1) is 8.36. The number of nitrogens with zero attached hydrogens (tertiary/aromatic N) is 3. The highest BCUT2D eigenvalue weighted by Gasteiger charge is 2.20. The third-order valence-corrected chi connectivity index (χ3v) is 3.28. The van der Waals surface area contributed by atoms with E-state index in [2.05, 4.69) is 39.1 Å². The van der Waals surface area contributed by atoms with Crippen molar-refractivity contribution in [3.05, 3.63) is 53.3 Å². The van der Waals surface area contributed by atoms with Gasteiger partial charge >= 0.3 is 0 Å². The highest BCUT2D eigenvalue weighted by molar-refractivity contribution is 6.17. The van der Waals surface area contributed by atoms with Crippen LogP contribution in [0.5, 0.6) is 0 Å². The SMILES string of the molecule is ClCc1cnc(N2Cc3ccccc3C2)nc1. The van der Waals surface area contributed by atoms with Crippen LogP contribution in [0.15, 0.2) is 36.7 Å². The molecule has 0 aliphatic carbocycles. The zero-order valence-electron chi connectivity index (χ0n) is 9.31. The quantitative estimate of drug-likeness (QED) is 0.762. The van der Waals surface area contributed by atoms with E-state index in [1.807, 2.05) is 0 Å². The van der Waals surface area contributed by atoms with Crippen LogP contribution in [0, 0.1) is 0 Å². The summed E-state index contributed by atoms with van der Waals surface area (Å²) in [6, 6.07) is 8.45. The normalized spacial score (nSPS) is 13.8. The maximum atomic E-state index is 5.72. The van der Waals surface area contributed by atoms with Gasteiger partial charge in [0.1, 0.15) is 0 Å². The maximum Gasteiger partial charge on any atom is 0.225 e. The smallest absolute Gasteiger partial charge is 0.225 e. The topological polar surface area (TPSA) is 29.0 Å². The Balaban J connectivity index is 1.83. The van der Waals surface area contributed by atoms with Gasteiger partial charge < -0.3 is 4.90 Å². The molecule has 4 heteroatoms. The molecule has 0 fully saturated rings. The third kappa shape index (κ3) is 1.98. The van der Waals surface area contributed by atoms with E-state index >= 15 is 0 Å². The van der Waals surface area contributed by atoms with Gasteiger partial charge in [-0.3, -0.25) is 0 Å². The molecule has 17 heavy (non-hydrogen) atoms.